The standard InChI is InChI=1S/C25H24ClN5O3/c26-19-3-1-2-18(16-19)22-23(17-6-8-27-9-7-17)29-20-4-5-21(30-24(20)22)34-25(32)28-10-11-31-12-14-33-15-13-31/h1-9,16,29H,10-15H2,(H,28,32). The van der Waals surface area contributed by atoms with Gasteiger partial charge in [0.15, 0.2) is 0 Å². The van der Waals surface area contributed by atoms with Crippen molar-refractivity contribution in [1.82, 2.24) is 25.2 Å². The van der Waals surface area contributed by atoms with Gasteiger partial charge in [-0.2, -0.15) is 0 Å². The van der Waals surface area contributed by atoms with Crippen LogP contribution in [0, 0.1) is 0 Å². The molecule has 1 aromatic carbocycles. The predicted molar refractivity (Wildman–Crippen MR) is 131 cm³/mol. The van der Waals surface area contributed by atoms with Crippen LogP contribution in [0.3, 0.4) is 0 Å². The quantitative estimate of drug-likeness (QED) is 0.428. The molecule has 5 rings (SSSR count). The Bertz CT molecular complexity index is 1290. The van der Waals surface area contributed by atoms with Crippen LogP contribution in [0.15, 0.2) is 60.9 Å². The molecule has 4 aromatic rings. The first-order valence-electron chi connectivity index (χ1n) is 11.1. The number of aromatic amines is 1. The minimum absolute atomic E-state index is 0.222. The molecule has 0 spiro atoms. The van der Waals surface area contributed by atoms with Gasteiger partial charge in [-0.15, -0.1) is 0 Å². The Balaban J connectivity index is 1.40. The topological polar surface area (TPSA) is 92.4 Å². The number of halogens is 1. The van der Waals surface area contributed by atoms with Crippen molar-refractivity contribution in [2.45, 2.75) is 0 Å². The van der Waals surface area contributed by atoms with E-state index in [1.54, 1.807) is 18.5 Å². The molecule has 1 fully saturated rings. The Labute approximate surface area is 201 Å². The Kier molecular flexibility index (Phi) is 6.71. The molecule has 3 aromatic heterocycles. The number of nitrogens with one attached hydrogen (secondary N) is 2. The molecule has 0 radical (unpaired) electrons. The van der Waals surface area contributed by atoms with E-state index in [0.29, 0.717) is 17.1 Å². The fourth-order valence-electron chi connectivity index (χ4n) is 4.04. The van der Waals surface area contributed by atoms with Crippen molar-refractivity contribution in [2.24, 2.45) is 0 Å². The molecule has 1 aliphatic heterocycles. The lowest BCUT2D eigenvalue weighted by Crippen LogP contribution is -2.41. The number of H-pyrrole nitrogens is 1. The van der Waals surface area contributed by atoms with Crippen LogP contribution in [0.25, 0.3) is 33.4 Å². The lowest BCUT2D eigenvalue weighted by Gasteiger charge is -2.26. The summed E-state index contributed by atoms with van der Waals surface area (Å²) in [5.41, 5.74) is 5.15. The summed E-state index contributed by atoms with van der Waals surface area (Å²) < 4.78 is 10.8. The van der Waals surface area contributed by atoms with Crippen LogP contribution in [-0.2, 0) is 4.74 Å². The zero-order chi connectivity index (χ0) is 23.3. The molecule has 8 nitrogen and oxygen atoms in total. The first-order chi connectivity index (χ1) is 16.7. The summed E-state index contributed by atoms with van der Waals surface area (Å²) >= 11 is 6.29. The first-order valence-corrected chi connectivity index (χ1v) is 11.5. The first kappa shape index (κ1) is 22.3. The van der Waals surface area contributed by atoms with Gasteiger partial charge < -0.3 is 19.8 Å². The lowest BCUT2D eigenvalue weighted by atomic mass is 10.0. The highest BCUT2D eigenvalue weighted by Gasteiger charge is 2.18. The summed E-state index contributed by atoms with van der Waals surface area (Å²) in [5, 5.41) is 3.42. The van der Waals surface area contributed by atoms with E-state index in [1.807, 2.05) is 42.5 Å². The fourth-order valence-corrected chi connectivity index (χ4v) is 4.23. The predicted octanol–water partition coefficient (Wildman–Crippen LogP) is 4.37. The highest BCUT2D eigenvalue weighted by Crippen LogP contribution is 2.38. The van der Waals surface area contributed by atoms with E-state index >= 15 is 0 Å². The van der Waals surface area contributed by atoms with Crippen molar-refractivity contribution in [3.05, 3.63) is 65.9 Å². The molecule has 1 aliphatic rings. The summed E-state index contributed by atoms with van der Waals surface area (Å²) in [7, 11) is 0. The molecular formula is C25H24ClN5O3. The number of hydrogen-bond donors (Lipinski definition) is 2. The third-order valence-electron chi connectivity index (χ3n) is 5.70. The molecule has 0 atom stereocenters. The van der Waals surface area contributed by atoms with Crippen LogP contribution in [0.4, 0.5) is 4.79 Å². The Morgan fingerprint density at radius 3 is 2.74 bits per heavy atom. The Morgan fingerprint density at radius 1 is 1.12 bits per heavy atom. The maximum atomic E-state index is 12.4. The largest absolute Gasteiger partial charge is 0.413 e. The summed E-state index contributed by atoms with van der Waals surface area (Å²) in [4.78, 5) is 26.8. The van der Waals surface area contributed by atoms with Gasteiger partial charge >= 0.3 is 6.09 Å². The smallest absolute Gasteiger partial charge is 0.391 e. The van der Waals surface area contributed by atoms with Gasteiger partial charge in [-0.25, -0.2) is 9.78 Å². The molecule has 1 saturated heterocycles. The number of pyridine rings is 2. The van der Waals surface area contributed by atoms with Crippen molar-refractivity contribution < 1.29 is 14.3 Å². The van der Waals surface area contributed by atoms with Crippen LogP contribution >= 0.6 is 11.6 Å². The molecule has 4 heterocycles. The van der Waals surface area contributed by atoms with E-state index in [2.05, 4.69) is 25.2 Å². The monoisotopic (exact) mass is 477 g/mol. The van der Waals surface area contributed by atoms with Gasteiger partial charge in [0.25, 0.3) is 0 Å². The number of amides is 1. The van der Waals surface area contributed by atoms with Gasteiger partial charge in [-0.05, 0) is 35.9 Å². The maximum absolute atomic E-state index is 12.4. The number of ether oxygens (including phenoxy) is 2. The third kappa shape index (κ3) is 5.04. The number of morpholine rings is 1. The summed E-state index contributed by atoms with van der Waals surface area (Å²) in [6, 6.07) is 15.0. The number of benzene rings is 1. The van der Waals surface area contributed by atoms with Crippen molar-refractivity contribution in [3.8, 4) is 28.3 Å². The molecule has 9 heteroatoms. The van der Waals surface area contributed by atoms with Crippen molar-refractivity contribution in [2.75, 3.05) is 39.4 Å². The van der Waals surface area contributed by atoms with Gasteiger partial charge in [0.2, 0.25) is 5.88 Å². The highest BCUT2D eigenvalue weighted by atomic mass is 35.5. The fraction of sp³-hybridized carbons (Fsp3) is 0.240. The van der Waals surface area contributed by atoms with Gasteiger partial charge in [0, 0.05) is 60.8 Å². The van der Waals surface area contributed by atoms with E-state index < -0.39 is 6.09 Å². The number of fused-ring (bicyclic) bond motifs is 1. The average Bonchev–Trinajstić information content (AvgIpc) is 3.24. The van der Waals surface area contributed by atoms with E-state index in [0.717, 1.165) is 60.7 Å². The molecule has 174 valence electrons. The van der Waals surface area contributed by atoms with Gasteiger partial charge in [-0.1, -0.05) is 23.7 Å². The Hall–Kier alpha value is -3.46. The van der Waals surface area contributed by atoms with Crippen LogP contribution in [-0.4, -0.2) is 65.3 Å². The van der Waals surface area contributed by atoms with Crippen LogP contribution < -0.4 is 10.1 Å². The Morgan fingerprint density at radius 2 is 1.94 bits per heavy atom. The zero-order valence-corrected chi connectivity index (χ0v) is 19.2. The van der Waals surface area contributed by atoms with Gasteiger partial charge in [-0.3, -0.25) is 9.88 Å². The molecule has 1 amide bonds. The SMILES string of the molecule is O=C(NCCN1CCOCC1)Oc1ccc2[nH]c(-c3ccncc3)c(-c3cccc(Cl)c3)c2n1. The number of nitrogens with zero attached hydrogens (tertiary/aromatic N) is 3. The van der Waals surface area contributed by atoms with Gasteiger partial charge in [0.1, 0.15) is 5.52 Å². The summed E-state index contributed by atoms with van der Waals surface area (Å²) in [6.45, 7) is 4.42. The number of aromatic nitrogens is 3. The zero-order valence-electron chi connectivity index (χ0n) is 18.5. The maximum Gasteiger partial charge on any atom is 0.413 e. The summed E-state index contributed by atoms with van der Waals surface area (Å²) in [6.07, 6.45) is 2.95. The lowest BCUT2D eigenvalue weighted by molar-refractivity contribution is 0.0385. The van der Waals surface area contributed by atoms with Crippen molar-refractivity contribution in [1.29, 1.82) is 0 Å². The van der Waals surface area contributed by atoms with Crippen LogP contribution in [0.2, 0.25) is 5.02 Å². The van der Waals surface area contributed by atoms with E-state index in [-0.39, 0.29) is 5.88 Å². The van der Waals surface area contributed by atoms with E-state index in [1.165, 1.54) is 0 Å². The minimum Gasteiger partial charge on any atom is -0.391 e. The van der Waals surface area contributed by atoms with Crippen LogP contribution in [0.5, 0.6) is 5.88 Å². The second kappa shape index (κ2) is 10.2. The molecule has 0 saturated carbocycles. The van der Waals surface area contributed by atoms with Crippen molar-refractivity contribution >= 4 is 28.7 Å². The van der Waals surface area contributed by atoms with Crippen LogP contribution in [0.1, 0.15) is 0 Å². The van der Waals surface area contributed by atoms with Crippen molar-refractivity contribution in [3.63, 3.8) is 0 Å². The molecule has 34 heavy (non-hydrogen) atoms. The highest BCUT2D eigenvalue weighted by molar-refractivity contribution is 6.31. The second-order valence-corrected chi connectivity index (χ2v) is 8.37. The number of rotatable bonds is 6. The normalized spacial score (nSPS) is 14.3. The number of hydrogen-bond acceptors (Lipinski definition) is 6. The molecule has 0 bridgehead atoms. The minimum atomic E-state index is -0.533. The summed E-state index contributed by atoms with van der Waals surface area (Å²) in [5.74, 6) is 0.222. The molecule has 0 unspecified atom stereocenters. The molecule has 2 N–H and O–H groups in total. The second-order valence-electron chi connectivity index (χ2n) is 7.94. The number of carbonyl (C=O) groups is 1. The molecular weight excluding hydrogens is 454 g/mol. The van der Waals surface area contributed by atoms with E-state index in [4.69, 9.17) is 21.1 Å². The average molecular weight is 478 g/mol. The van der Waals surface area contributed by atoms with Gasteiger partial charge in [0.05, 0.1) is 24.4 Å². The number of carbonyl (C=O) groups excluding carboxylic acids is 1. The van der Waals surface area contributed by atoms with E-state index in [9.17, 15) is 4.79 Å². The molecule has 0 aliphatic carbocycles. The third-order valence-corrected chi connectivity index (χ3v) is 5.93.